The van der Waals surface area contributed by atoms with Gasteiger partial charge in [0.2, 0.25) is 0 Å². The summed E-state index contributed by atoms with van der Waals surface area (Å²) in [6.45, 7) is 9.42. The number of hydrogen-bond donors (Lipinski definition) is 1. The molecule has 17 heavy (non-hydrogen) atoms. The highest BCUT2D eigenvalue weighted by Gasteiger charge is 2.31. The van der Waals surface area contributed by atoms with Gasteiger partial charge in [-0.2, -0.15) is 5.10 Å². The van der Waals surface area contributed by atoms with Gasteiger partial charge in [0.25, 0.3) is 0 Å². The van der Waals surface area contributed by atoms with Crippen LogP contribution in [0.4, 0.5) is 4.79 Å². The van der Waals surface area contributed by atoms with E-state index >= 15 is 0 Å². The number of carbonyl (C=O) groups is 1. The fourth-order valence-electron chi connectivity index (χ4n) is 1.26. The SMILES string of the molecule is CC(C)(C)OC(=O)NN=CC1COC(C)(C)O1. The van der Waals surface area contributed by atoms with Crippen LogP contribution < -0.4 is 5.43 Å². The Labute approximate surface area is 101 Å². The van der Waals surface area contributed by atoms with Crippen LogP contribution in [0.5, 0.6) is 0 Å². The number of rotatable bonds is 2. The zero-order valence-electron chi connectivity index (χ0n) is 10.9. The molecule has 0 aliphatic carbocycles. The summed E-state index contributed by atoms with van der Waals surface area (Å²) in [5, 5.41) is 3.75. The Hall–Kier alpha value is -1.14. The highest BCUT2D eigenvalue weighted by atomic mass is 16.7. The van der Waals surface area contributed by atoms with Crippen molar-refractivity contribution in [2.24, 2.45) is 5.10 Å². The van der Waals surface area contributed by atoms with Gasteiger partial charge in [-0.15, -0.1) is 0 Å². The first-order chi connectivity index (χ1) is 7.68. The van der Waals surface area contributed by atoms with Crippen LogP contribution in [0, 0.1) is 0 Å². The monoisotopic (exact) mass is 244 g/mol. The smallest absolute Gasteiger partial charge is 0.428 e. The lowest BCUT2D eigenvalue weighted by molar-refractivity contribution is -0.130. The van der Waals surface area contributed by atoms with Crippen molar-refractivity contribution in [3.8, 4) is 0 Å². The average molecular weight is 244 g/mol. The minimum absolute atomic E-state index is 0.250. The predicted molar refractivity (Wildman–Crippen MR) is 62.8 cm³/mol. The van der Waals surface area contributed by atoms with Crippen molar-refractivity contribution >= 4 is 12.3 Å². The summed E-state index contributed by atoms with van der Waals surface area (Å²) in [5.41, 5.74) is 1.73. The normalized spacial score (nSPS) is 23.9. The second kappa shape index (κ2) is 5.01. The van der Waals surface area contributed by atoms with E-state index < -0.39 is 17.5 Å². The average Bonchev–Trinajstić information content (AvgIpc) is 2.42. The number of carbonyl (C=O) groups excluding carboxylic acids is 1. The summed E-state index contributed by atoms with van der Waals surface area (Å²) in [6, 6.07) is 0. The Balaban J connectivity index is 2.29. The summed E-state index contributed by atoms with van der Waals surface area (Å²) in [4.78, 5) is 11.2. The molecule has 0 bridgehead atoms. The van der Waals surface area contributed by atoms with Crippen LogP contribution in [-0.2, 0) is 14.2 Å². The van der Waals surface area contributed by atoms with E-state index in [-0.39, 0.29) is 6.10 Å². The van der Waals surface area contributed by atoms with Gasteiger partial charge in [-0.25, -0.2) is 10.2 Å². The molecule has 1 aliphatic heterocycles. The number of hydrazone groups is 1. The highest BCUT2D eigenvalue weighted by molar-refractivity contribution is 5.70. The Morgan fingerprint density at radius 2 is 2.18 bits per heavy atom. The van der Waals surface area contributed by atoms with Crippen LogP contribution in [-0.4, -0.2) is 36.4 Å². The lowest BCUT2D eigenvalue weighted by Crippen LogP contribution is -2.30. The van der Waals surface area contributed by atoms with Gasteiger partial charge in [-0.1, -0.05) is 0 Å². The third-order valence-electron chi connectivity index (χ3n) is 1.83. The third kappa shape index (κ3) is 5.65. The number of nitrogens with zero attached hydrogens (tertiary/aromatic N) is 1. The first kappa shape index (κ1) is 13.9. The van der Waals surface area contributed by atoms with Crippen molar-refractivity contribution in [3.05, 3.63) is 0 Å². The van der Waals surface area contributed by atoms with Crippen LogP contribution in [0.2, 0.25) is 0 Å². The zero-order valence-corrected chi connectivity index (χ0v) is 10.9. The minimum atomic E-state index is -0.595. The maximum Gasteiger partial charge on any atom is 0.428 e. The van der Waals surface area contributed by atoms with E-state index in [1.807, 2.05) is 13.8 Å². The van der Waals surface area contributed by atoms with E-state index in [1.165, 1.54) is 6.21 Å². The van der Waals surface area contributed by atoms with Crippen LogP contribution in [0.1, 0.15) is 34.6 Å². The molecule has 0 spiro atoms. The molecule has 1 unspecified atom stereocenters. The Morgan fingerprint density at radius 1 is 1.53 bits per heavy atom. The molecule has 1 aliphatic rings. The Kier molecular flexibility index (Phi) is 4.11. The van der Waals surface area contributed by atoms with E-state index in [1.54, 1.807) is 20.8 Å². The van der Waals surface area contributed by atoms with Gasteiger partial charge < -0.3 is 14.2 Å². The van der Waals surface area contributed by atoms with Crippen LogP contribution in [0.3, 0.4) is 0 Å². The van der Waals surface area contributed by atoms with Gasteiger partial charge in [-0.05, 0) is 34.6 Å². The van der Waals surface area contributed by atoms with Gasteiger partial charge in [0.05, 0.1) is 12.8 Å². The van der Waals surface area contributed by atoms with Crippen LogP contribution in [0.15, 0.2) is 5.10 Å². The topological polar surface area (TPSA) is 69.2 Å². The Bertz CT molecular complexity index is 307. The maximum atomic E-state index is 11.2. The molecular weight excluding hydrogens is 224 g/mol. The molecule has 0 aromatic heterocycles. The molecule has 1 atom stereocenters. The maximum absolute atomic E-state index is 11.2. The number of nitrogens with one attached hydrogen (secondary N) is 1. The molecule has 0 radical (unpaired) electrons. The van der Waals surface area contributed by atoms with Crippen molar-refractivity contribution < 1.29 is 19.0 Å². The number of hydrogen-bond acceptors (Lipinski definition) is 5. The second-order valence-corrected chi connectivity index (χ2v) is 5.26. The fraction of sp³-hybridized carbons (Fsp3) is 0.818. The van der Waals surface area contributed by atoms with Crippen molar-refractivity contribution in [2.75, 3.05) is 6.61 Å². The third-order valence-corrected chi connectivity index (χ3v) is 1.83. The minimum Gasteiger partial charge on any atom is -0.443 e. The molecule has 0 aromatic rings. The van der Waals surface area contributed by atoms with Crippen molar-refractivity contribution in [1.82, 2.24) is 5.43 Å². The summed E-state index contributed by atoms with van der Waals surface area (Å²) in [6.07, 6.45) is 0.644. The van der Waals surface area contributed by atoms with Crippen molar-refractivity contribution in [2.45, 2.75) is 52.1 Å². The van der Waals surface area contributed by atoms with Crippen LogP contribution >= 0.6 is 0 Å². The van der Waals surface area contributed by atoms with E-state index in [9.17, 15) is 4.79 Å². The molecular formula is C11H20N2O4. The second-order valence-electron chi connectivity index (χ2n) is 5.26. The standard InChI is InChI=1S/C11H20N2O4/c1-10(2,3)17-9(14)13-12-6-8-7-15-11(4,5)16-8/h6,8H,7H2,1-5H3,(H,13,14). The molecule has 98 valence electrons. The summed E-state index contributed by atoms with van der Waals surface area (Å²) in [5.74, 6) is -0.595. The van der Waals surface area contributed by atoms with Crippen molar-refractivity contribution in [1.29, 1.82) is 0 Å². The summed E-state index contributed by atoms with van der Waals surface area (Å²) in [7, 11) is 0. The van der Waals surface area contributed by atoms with Gasteiger partial charge >= 0.3 is 6.09 Å². The highest BCUT2D eigenvalue weighted by Crippen LogP contribution is 2.20. The molecule has 1 heterocycles. The first-order valence-electron chi connectivity index (χ1n) is 5.52. The van der Waals surface area contributed by atoms with Gasteiger partial charge in [0, 0.05) is 0 Å². The predicted octanol–water partition coefficient (Wildman–Crippen LogP) is 1.65. The number of amides is 1. The summed E-state index contributed by atoms with van der Waals surface area (Å²) < 4.78 is 15.8. The lowest BCUT2D eigenvalue weighted by Gasteiger charge is -2.18. The van der Waals surface area contributed by atoms with Gasteiger partial charge in [0.1, 0.15) is 11.7 Å². The molecule has 1 amide bonds. The fourth-order valence-corrected chi connectivity index (χ4v) is 1.26. The van der Waals surface area contributed by atoms with Gasteiger partial charge in [-0.3, -0.25) is 0 Å². The molecule has 6 nitrogen and oxygen atoms in total. The molecule has 1 fully saturated rings. The summed E-state index contributed by atoms with van der Waals surface area (Å²) >= 11 is 0. The largest absolute Gasteiger partial charge is 0.443 e. The van der Waals surface area contributed by atoms with E-state index in [4.69, 9.17) is 14.2 Å². The van der Waals surface area contributed by atoms with Crippen molar-refractivity contribution in [3.63, 3.8) is 0 Å². The first-order valence-corrected chi connectivity index (χ1v) is 5.52. The molecule has 0 saturated carbocycles. The quantitative estimate of drug-likeness (QED) is 0.592. The van der Waals surface area contributed by atoms with Crippen LogP contribution in [0.25, 0.3) is 0 Å². The molecule has 1 rings (SSSR count). The Morgan fingerprint density at radius 3 is 2.65 bits per heavy atom. The zero-order chi connectivity index (χ0) is 13.1. The molecule has 1 saturated heterocycles. The lowest BCUT2D eigenvalue weighted by atomic mass is 10.2. The molecule has 0 aromatic carbocycles. The van der Waals surface area contributed by atoms with E-state index in [0.29, 0.717) is 6.61 Å². The van der Waals surface area contributed by atoms with E-state index in [2.05, 4.69) is 10.5 Å². The van der Waals surface area contributed by atoms with Gasteiger partial charge in [0.15, 0.2) is 5.79 Å². The molecule has 6 heteroatoms. The van der Waals surface area contributed by atoms with E-state index in [0.717, 1.165) is 0 Å². The number of ether oxygens (including phenoxy) is 3. The molecule has 1 N–H and O–H groups in total.